The van der Waals surface area contributed by atoms with Crippen molar-refractivity contribution in [3.05, 3.63) is 66.2 Å². The zero-order chi connectivity index (χ0) is 17.1. The molecule has 2 atom stereocenters. The number of benzene rings is 2. The zero-order valence-electron chi connectivity index (χ0n) is 13.8. The fraction of sp³-hybridized carbons (Fsp3) is 0.250. The Morgan fingerprint density at radius 3 is 2.42 bits per heavy atom. The number of carbonyl (C=O) groups is 1. The molecule has 1 aliphatic rings. The van der Waals surface area contributed by atoms with Crippen molar-refractivity contribution in [2.45, 2.75) is 12.3 Å². The number of allylic oxidation sites excluding steroid dienone is 1. The number of hydrogen-bond acceptors (Lipinski definition) is 4. The van der Waals surface area contributed by atoms with Gasteiger partial charge in [0.1, 0.15) is 5.75 Å². The highest BCUT2D eigenvalue weighted by Crippen LogP contribution is 2.47. The van der Waals surface area contributed by atoms with Gasteiger partial charge in [-0.25, -0.2) is 0 Å². The third kappa shape index (κ3) is 2.75. The van der Waals surface area contributed by atoms with Gasteiger partial charge in [0.25, 0.3) is 0 Å². The molecular formula is C20H20O4. The van der Waals surface area contributed by atoms with Gasteiger partial charge in [-0.05, 0) is 18.1 Å². The minimum Gasteiger partial charge on any atom is -0.493 e. The molecule has 1 heterocycles. The quantitative estimate of drug-likeness (QED) is 0.475. The molecule has 0 saturated heterocycles. The van der Waals surface area contributed by atoms with Crippen molar-refractivity contribution in [2.75, 3.05) is 14.2 Å². The third-order valence-electron chi connectivity index (χ3n) is 4.35. The van der Waals surface area contributed by atoms with Gasteiger partial charge in [-0.2, -0.15) is 0 Å². The van der Waals surface area contributed by atoms with Crippen molar-refractivity contribution in [3.63, 3.8) is 0 Å². The molecule has 0 aliphatic carbocycles. The first kappa shape index (κ1) is 16.1. The molecule has 3 rings (SSSR count). The molecule has 0 N–H and O–H groups in total. The lowest BCUT2D eigenvalue weighted by Crippen LogP contribution is -2.32. The van der Waals surface area contributed by atoms with Crippen LogP contribution in [0.4, 0.5) is 0 Å². The van der Waals surface area contributed by atoms with E-state index >= 15 is 0 Å². The number of ether oxygens (including phenoxy) is 3. The van der Waals surface area contributed by atoms with Gasteiger partial charge < -0.3 is 14.2 Å². The number of hydrogen-bond donors (Lipinski definition) is 0. The molecule has 0 fully saturated rings. The van der Waals surface area contributed by atoms with Crippen LogP contribution in [0.5, 0.6) is 17.2 Å². The third-order valence-corrected chi connectivity index (χ3v) is 4.35. The second-order valence-corrected chi connectivity index (χ2v) is 5.69. The van der Waals surface area contributed by atoms with Crippen LogP contribution in [0, 0.1) is 5.92 Å². The van der Waals surface area contributed by atoms with E-state index in [-0.39, 0.29) is 17.8 Å². The van der Waals surface area contributed by atoms with E-state index in [2.05, 4.69) is 6.58 Å². The SMILES string of the molecule is C=CC[C@@H]1C(=O)Oc2cc(OC)c(OC)cc2[C@@H]1c1ccccc1. The average Bonchev–Trinajstić information content (AvgIpc) is 2.62. The van der Waals surface area contributed by atoms with Crippen molar-refractivity contribution >= 4 is 5.97 Å². The molecular weight excluding hydrogens is 304 g/mol. The Hall–Kier alpha value is -2.75. The lowest BCUT2D eigenvalue weighted by molar-refractivity contribution is -0.140. The molecule has 2 aromatic rings. The molecule has 4 heteroatoms. The van der Waals surface area contributed by atoms with Crippen molar-refractivity contribution in [3.8, 4) is 17.2 Å². The van der Waals surface area contributed by atoms with Gasteiger partial charge in [0.05, 0.1) is 20.1 Å². The molecule has 0 aromatic heterocycles. The Balaban J connectivity index is 2.19. The van der Waals surface area contributed by atoms with Crippen LogP contribution in [0.15, 0.2) is 55.1 Å². The summed E-state index contributed by atoms with van der Waals surface area (Å²) in [7, 11) is 3.15. The van der Waals surface area contributed by atoms with Crippen molar-refractivity contribution in [1.82, 2.24) is 0 Å². The van der Waals surface area contributed by atoms with Crippen LogP contribution in [0.25, 0.3) is 0 Å². The number of methoxy groups -OCH3 is 2. The van der Waals surface area contributed by atoms with Crippen LogP contribution in [0.2, 0.25) is 0 Å². The largest absolute Gasteiger partial charge is 0.493 e. The van der Waals surface area contributed by atoms with Gasteiger partial charge in [0.2, 0.25) is 0 Å². The lowest BCUT2D eigenvalue weighted by Gasteiger charge is -2.32. The highest BCUT2D eigenvalue weighted by Gasteiger charge is 2.38. The molecule has 2 aromatic carbocycles. The molecule has 0 radical (unpaired) electrons. The van der Waals surface area contributed by atoms with Crippen LogP contribution in [-0.2, 0) is 4.79 Å². The zero-order valence-corrected chi connectivity index (χ0v) is 13.8. The van der Waals surface area contributed by atoms with Crippen LogP contribution in [0.3, 0.4) is 0 Å². The maximum atomic E-state index is 12.5. The molecule has 0 amide bonds. The Morgan fingerprint density at radius 2 is 1.79 bits per heavy atom. The number of esters is 1. The summed E-state index contributed by atoms with van der Waals surface area (Å²) in [5.41, 5.74) is 1.99. The van der Waals surface area contributed by atoms with Gasteiger partial charge in [0, 0.05) is 17.5 Å². The first-order chi connectivity index (χ1) is 11.7. The summed E-state index contributed by atoms with van der Waals surface area (Å²) in [6.07, 6.45) is 2.31. The monoisotopic (exact) mass is 324 g/mol. The van der Waals surface area contributed by atoms with Gasteiger partial charge in [0.15, 0.2) is 11.5 Å². The summed E-state index contributed by atoms with van der Waals surface area (Å²) in [6.45, 7) is 3.78. The Labute approximate surface area is 141 Å². The highest BCUT2D eigenvalue weighted by molar-refractivity contribution is 5.81. The Morgan fingerprint density at radius 1 is 1.12 bits per heavy atom. The minimum atomic E-state index is -0.310. The van der Waals surface area contributed by atoms with Gasteiger partial charge in [-0.15, -0.1) is 6.58 Å². The topological polar surface area (TPSA) is 44.8 Å². The lowest BCUT2D eigenvalue weighted by atomic mass is 9.77. The normalized spacial score (nSPS) is 19.2. The molecule has 0 saturated carbocycles. The van der Waals surface area contributed by atoms with Crippen molar-refractivity contribution in [2.24, 2.45) is 5.92 Å². The van der Waals surface area contributed by atoms with E-state index in [4.69, 9.17) is 14.2 Å². The van der Waals surface area contributed by atoms with Crippen LogP contribution in [0.1, 0.15) is 23.5 Å². The highest BCUT2D eigenvalue weighted by atomic mass is 16.5. The van der Waals surface area contributed by atoms with E-state index in [1.165, 1.54) is 0 Å². The predicted octanol–water partition coefficient (Wildman–Crippen LogP) is 3.95. The summed E-state index contributed by atoms with van der Waals surface area (Å²) < 4.78 is 16.3. The van der Waals surface area contributed by atoms with Gasteiger partial charge >= 0.3 is 5.97 Å². The van der Waals surface area contributed by atoms with Gasteiger partial charge in [-0.1, -0.05) is 36.4 Å². The van der Waals surface area contributed by atoms with E-state index in [1.807, 2.05) is 36.4 Å². The average molecular weight is 324 g/mol. The van der Waals surface area contributed by atoms with E-state index < -0.39 is 0 Å². The minimum absolute atomic E-state index is 0.111. The molecule has 4 nitrogen and oxygen atoms in total. The molecule has 124 valence electrons. The Bertz CT molecular complexity index is 752. The Kier molecular flexibility index (Phi) is 4.56. The molecule has 1 aliphatic heterocycles. The number of rotatable bonds is 5. The van der Waals surface area contributed by atoms with Crippen molar-refractivity contribution in [1.29, 1.82) is 0 Å². The molecule has 24 heavy (non-hydrogen) atoms. The number of fused-ring (bicyclic) bond motifs is 1. The molecule has 0 bridgehead atoms. The first-order valence-corrected chi connectivity index (χ1v) is 7.83. The van der Waals surface area contributed by atoms with E-state index in [9.17, 15) is 4.79 Å². The van der Waals surface area contributed by atoms with E-state index in [1.54, 1.807) is 26.4 Å². The van der Waals surface area contributed by atoms with Crippen LogP contribution < -0.4 is 14.2 Å². The van der Waals surface area contributed by atoms with Crippen LogP contribution in [-0.4, -0.2) is 20.2 Å². The summed E-state index contributed by atoms with van der Waals surface area (Å²) in [5.74, 6) is 1.01. The maximum absolute atomic E-state index is 12.5. The van der Waals surface area contributed by atoms with Gasteiger partial charge in [-0.3, -0.25) is 4.79 Å². The summed E-state index contributed by atoms with van der Waals surface area (Å²) in [6, 6.07) is 13.6. The number of carbonyl (C=O) groups excluding carboxylic acids is 1. The first-order valence-electron chi connectivity index (χ1n) is 7.83. The molecule has 0 spiro atoms. The second kappa shape index (κ2) is 6.79. The van der Waals surface area contributed by atoms with Crippen LogP contribution >= 0.6 is 0 Å². The smallest absolute Gasteiger partial charge is 0.315 e. The summed E-state index contributed by atoms with van der Waals surface area (Å²) in [5, 5.41) is 0. The fourth-order valence-corrected chi connectivity index (χ4v) is 3.23. The standard InChI is InChI=1S/C20H20O4/c1-4-8-14-19(13-9-6-5-7-10-13)15-11-17(22-2)18(23-3)12-16(15)24-20(14)21/h4-7,9-12,14,19H,1,8H2,2-3H3/t14-,19+/m0/s1. The maximum Gasteiger partial charge on any atom is 0.315 e. The molecule has 0 unspecified atom stereocenters. The van der Waals surface area contributed by atoms with E-state index in [0.29, 0.717) is 23.7 Å². The summed E-state index contributed by atoms with van der Waals surface area (Å²) >= 11 is 0. The fourth-order valence-electron chi connectivity index (χ4n) is 3.23. The predicted molar refractivity (Wildman–Crippen MR) is 91.8 cm³/mol. The summed E-state index contributed by atoms with van der Waals surface area (Å²) in [4.78, 5) is 12.5. The van der Waals surface area contributed by atoms with E-state index in [0.717, 1.165) is 11.1 Å². The van der Waals surface area contributed by atoms with Crippen molar-refractivity contribution < 1.29 is 19.0 Å². The second-order valence-electron chi connectivity index (χ2n) is 5.69.